The lowest BCUT2D eigenvalue weighted by Gasteiger charge is -2.35. The van der Waals surface area contributed by atoms with E-state index in [9.17, 15) is 22.8 Å². The molecule has 2 aromatic rings. The van der Waals surface area contributed by atoms with Crippen LogP contribution in [-0.2, 0) is 26.2 Å². The van der Waals surface area contributed by atoms with Crippen LogP contribution in [0, 0.1) is 0 Å². The van der Waals surface area contributed by atoms with E-state index in [0.717, 1.165) is 4.31 Å². The summed E-state index contributed by atoms with van der Waals surface area (Å²) >= 11 is 0. The van der Waals surface area contributed by atoms with Gasteiger partial charge >= 0.3 is 21.4 Å². The van der Waals surface area contributed by atoms with Crippen molar-refractivity contribution in [3.8, 4) is 5.75 Å². The molecule has 2 heterocycles. The third kappa shape index (κ3) is 4.31. The van der Waals surface area contributed by atoms with E-state index >= 15 is 0 Å². The second-order valence-electron chi connectivity index (χ2n) is 7.02. The number of carbonyl (C=O) groups is 3. The fourth-order valence-corrected chi connectivity index (χ4v) is 4.54. The number of nitrogens with zero attached hydrogens (tertiary/aromatic N) is 1. The Bertz CT molecular complexity index is 1120. The number of anilines is 1. The molecule has 11 heteroatoms. The first-order valence-corrected chi connectivity index (χ1v) is 10.9. The molecule has 2 aromatic carbocycles. The summed E-state index contributed by atoms with van der Waals surface area (Å²) in [6, 6.07) is 13.6. The number of rotatable bonds is 5. The van der Waals surface area contributed by atoms with Gasteiger partial charge in [0.05, 0.1) is 12.2 Å². The van der Waals surface area contributed by atoms with E-state index in [1.54, 1.807) is 48.5 Å². The van der Waals surface area contributed by atoms with Crippen LogP contribution in [0.5, 0.6) is 5.75 Å². The minimum atomic E-state index is -4.53. The number of sulfonamides is 1. The van der Waals surface area contributed by atoms with Crippen molar-refractivity contribution in [2.75, 3.05) is 10.8 Å². The minimum Gasteiger partial charge on any atom is -0.486 e. The van der Waals surface area contributed by atoms with Gasteiger partial charge in [0.2, 0.25) is 0 Å². The van der Waals surface area contributed by atoms with Gasteiger partial charge in [-0.25, -0.2) is 9.59 Å². The Morgan fingerprint density at radius 1 is 1.10 bits per heavy atom. The third-order valence-corrected chi connectivity index (χ3v) is 6.32. The van der Waals surface area contributed by atoms with E-state index in [1.807, 2.05) is 0 Å². The van der Waals surface area contributed by atoms with Gasteiger partial charge in [-0.05, 0) is 17.7 Å². The molecule has 2 aliphatic rings. The molecule has 0 aromatic heterocycles. The highest BCUT2D eigenvalue weighted by Gasteiger charge is 2.41. The molecule has 2 aliphatic heterocycles. The second-order valence-corrected chi connectivity index (χ2v) is 8.74. The lowest BCUT2D eigenvalue weighted by atomic mass is 10.1. The number of nitrogens with one attached hydrogen (secondary N) is 2. The van der Waals surface area contributed by atoms with Gasteiger partial charge in [-0.3, -0.25) is 14.4 Å². The third-order valence-electron chi connectivity index (χ3n) is 4.85. The SMILES string of the molecule is O=C1NC(=O)C(C[C@H]2CN(S(=O)(=O)C(=O)OCc3ccccc3)c3ccccc3O2)N1. The van der Waals surface area contributed by atoms with E-state index in [2.05, 4.69) is 10.6 Å². The monoisotopic (exact) mass is 445 g/mol. The molecule has 0 spiro atoms. The van der Waals surface area contributed by atoms with Gasteiger partial charge in [0, 0.05) is 6.42 Å². The maximum absolute atomic E-state index is 13.0. The number of urea groups is 1. The van der Waals surface area contributed by atoms with Crippen molar-refractivity contribution in [3.05, 3.63) is 60.2 Å². The molecule has 1 unspecified atom stereocenters. The van der Waals surface area contributed by atoms with Gasteiger partial charge in [0.1, 0.15) is 24.5 Å². The van der Waals surface area contributed by atoms with Crippen molar-refractivity contribution in [3.63, 3.8) is 0 Å². The van der Waals surface area contributed by atoms with E-state index < -0.39 is 39.4 Å². The lowest BCUT2D eigenvalue weighted by molar-refractivity contribution is -0.120. The van der Waals surface area contributed by atoms with E-state index in [0.29, 0.717) is 5.56 Å². The quantitative estimate of drug-likeness (QED) is 0.527. The number of ether oxygens (including phenoxy) is 2. The number of fused-ring (bicyclic) bond motifs is 1. The van der Waals surface area contributed by atoms with Crippen LogP contribution in [0.2, 0.25) is 0 Å². The number of para-hydroxylation sites is 2. The van der Waals surface area contributed by atoms with E-state index in [-0.39, 0.29) is 31.0 Å². The van der Waals surface area contributed by atoms with Crippen molar-refractivity contribution in [1.29, 1.82) is 0 Å². The Balaban J connectivity index is 1.54. The van der Waals surface area contributed by atoms with Crippen LogP contribution in [0.25, 0.3) is 0 Å². The molecule has 2 N–H and O–H groups in total. The van der Waals surface area contributed by atoms with Gasteiger partial charge in [-0.2, -0.15) is 8.42 Å². The fraction of sp³-hybridized carbons (Fsp3) is 0.250. The van der Waals surface area contributed by atoms with E-state index in [4.69, 9.17) is 9.47 Å². The predicted octanol–water partition coefficient (Wildman–Crippen LogP) is 1.52. The second kappa shape index (κ2) is 8.26. The molecule has 0 saturated carbocycles. The Morgan fingerprint density at radius 2 is 1.81 bits per heavy atom. The number of hydrogen-bond donors (Lipinski definition) is 2. The summed E-state index contributed by atoms with van der Waals surface area (Å²) in [4.78, 5) is 35.7. The van der Waals surface area contributed by atoms with Crippen molar-refractivity contribution in [2.24, 2.45) is 0 Å². The van der Waals surface area contributed by atoms with Crippen molar-refractivity contribution in [2.45, 2.75) is 25.2 Å². The summed E-state index contributed by atoms with van der Waals surface area (Å²) in [5, 5.41) is 3.18. The molecule has 1 saturated heterocycles. The Kier molecular flexibility index (Phi) is 5.51. The largest absolute Gasteiger partial charge is 0.486 e. The van der Waals surface area contributed by atoms with Crippen LogP contribution in [0.1, 0.15) is 12.0 Å². The summed E-state index contributed by atoms with van der Waals surface area (Å²) < 4.78 is 37.8. The van der Waals surface area contributed by atoms with E-state index in [1.165, 1.54) is 6.07 Å². The highest BCUT2D eigenvalue weighted by Crippen LogP contribution is 2.36. The molecule has 4 rings (SSSR count). The van der Waals surface area contributed by atoms with Crippen molar-refractivity contribution >= 4 is 33.0 Å². The molecular weight excluding hydrogens is 426 g/mol. The van der Waals surface area contributed by atoms with Crippen LogP contribution < -0.4 is 19.7 Å². The minimum absolute atomic E-state index is 0.0248. The van der Waals surface area contributed by atoms with Crippen LogP contribution in [0.3, 0.4) is 0 Å². The molecule has 0 aliphatic carbocycles. The molecular formula is C20H19N3O7S. The smallest absolute Gasteiger partial charge is 0.445 e. The average molecular weight is 445 g/mol. The van der Waals surface area contributed by atoms with Gasteiger partial charge in [0.15, 0.2) is 0 Å². The van der Waals surface area contributed by atoms with Crippen LogP contribution in [0.4, 0.5) is 15.3 Å². The Hall–Kier alpha value is -3.60. The van der Waals surface area contributed by atoms with Gasteiger partial charge < -0.3 is 14.8 Å². The lowest BCUT2D eigenvalue weighted by Crippen LogP contribution is -2.48. The first-order valence-electron chi connectivity index (χ1n) is 9.45. The Labute approximate surface area is 178 Å². The number of amides is 3. The van der Waals surface area contributed by atoms with Crippen LogP contribution in [0.15, 0.2) is 54.6 Å². The van der Waals surface area contributed by atoms with Crippen molar-refractivity contribution < 1.29 is 32.3 Å². The first kappa shape index (κ1) is 20.7. The standard InChI is InChI=1S/C20H19N3O7S/c24-18-15(21-19(25)22-18)10-14-11-23(16-8-4-5-9-17(16)30-14)31(27,28)20(26)29-12-13-6-2-1-3-7-13/h1-9,14-15H,10-12H2,(H2,21,22,24,25)/t14-,15?/m0/s1. The highest BCUT2D eigenvalue weighted by molar-refractivity contribution is 8.06. The summed E-state index contributed by atoms with van der Waals surface area (Å²) in [5.74, 6) is -0.285. The summed E-state index contributed by atoms with van der Waals surface area (Å²) in [6.07, 6.45) is -0.752. The summed E-state index contributed by atoms with van der Waals surface area (Å²) in [5.41, 5.74) is 0.838. The maximum atomic E-state index is 13.0. The van der Waals surface area contributed by atoms with Gasteiger partial charge in [0.25, 0.3) is 5.91 Å². The molecule has 1 fully saturated rings. The highest BCUT2D eigenvalue weighted by atomic mass is 32.2. The number of carbonyl (C=O) groups excluding carboxylic acids is 3. The topological polar surface area (TPSA) is 131 Å². The molecule has 31 heavy (non-hydrogen) atoms. The summed E-state index contributed by atoms with van der Waals surface area (Å²) in [7, 11) is -4.53. The maximum Gasteiger partial charge on any atom is 0.445 e. The number of hydrogen-bond acceptors (Lipinski definition) is 7. The van der Waals surface area contributed by atoms with Crippen LogP contribution >= 0.6 is 0 Å². The first-order chi connectivity index (χ1) is 14.8. The molecule has 2 atom stereocenters. The zero-order valence-electron chi connectivity index (χ0n) is 16.2. The number of imide groups is 1. The zero-order chi connectivity index (χ0) is 22.0. The van der Waals surface area contributed by atoms with Crippen LogP contribution in [-0.4, -0.2) is 44.3 Å². The zero-order valence-corrected chi connectivity index (χ0v) is 17.0. The number of benzene rings is 2. The Morgan fingerprint density at radius 3 is 2.52 bits per heavy atom. The molecule has 0 radical (unpaired) electrons. The van der Waals surface area contributed by atoms with Crippen molar-refractivity contribution in [1.82, 2.24) is 10.6 Å². The summed E-state index contributed by atoms with van der Waals surface area (Å²) in [6.45, 7) is -0.415. The average Bonchev–Trinajstić information content (AvgIpc) is 3.08. The normalized spacial score (nSPS) is 20.3. The molecule has 162 valence electrons. The van der Waals surface area contributed by atoms with Gasteiger partial charge in [-0.1, -0.05) is 42.5 Å². The molecule has 3 amide bonds. The van der Waals surface area contributed by atoms with Gasteiger partial charge in [-0.15, -0.1) is 0 Å². The predicted molar refractivity (Wildman–Crippen MR) is 109 cm³/mol. The fourth-order valence-electron chi connectivity index (χ4n) is 3.38. The molecule has 0 bridgehead atoms. The molecule has 10 nitrogen and oxygen atoms in total.